The van der Waals surface area contributed by atoms with E-state index in [0.29, 0.717) is 6.54 Å². The molecule has 0 bridgehead atoms. The van der Waals surface area contributed by atoms with E-state index in [4.69, 9.17) is 4.99 Å². The Balaban J connectivity index is 0.00000280. The molecule has 1 aromatic heterocycles. The van der Waals surface area contributed by atoms with Gasteiger partial charge in [-0.15, -0.1) is 24.0 Å². The number of hydrogen-bond acceptors (Lipinski definition) is 6. The standard InChI is InChI=1S/C18H23N7O2.HI/c1-2-19-17(22-14-15-4-6-16(7-5-15)25(26)27)23-10-12-24(13-11-23)18-20-8-3-9-21-18;/h3-9H,2,10-14H2,1H3,(H,19,22);1H. The summed E-state index contributed by atoms with van der Waals surface area (Å²) >= 11 is 0. The van der Waals surface area contributed by atoms with Crippen LogP contribution in [0.3, 0.4) is 0 Å². The maximum Gasteiger partial charge on any atom is 0.269 e. The summed E-state index contributed by atoms with van der Waals surface area (Å²) in [5, 5.41) is 14.1. The number of guanidine groups is 1. The Kier molecular flexibility index (Phi) is 8.36. The second-order valence-electron chi connectivity index (χ2n) is 6.12. The Labute approximate surface area is 181 Å². The monoisotopic (exact) mass is 497 g/mol. The zero-order chi connectivity index (χ0) is 19.1. The van der Waals surface area contributed by atoms with Gasteiger partial charge in [-0.2, -0.15) is 0 Å². The van der Waals surface area contributed by atoms with Gasteiger partial charge in [0, 0.05) is 57.3 Å². The largest absolute Gasteiger partial charge is 0.357 e. The van der Waals surface area contributed by atoms with E-state index < -0.39 is 4.92 Å². The molecule has 1 aromatic carbocycles. The first-order valence-electron chi connectivity index (χ1n) is 8.96. The highest BCUT2D eigenvalue weighted by atomic mass is 127. The van der Waals surface area contributed by atoms with Gasteiger partial charge in [-0.05, 0) is 18.6 Å². The minimum Gasteiger partial charge on any atom is -0.357 e. The first kappa shape index (κ1) is 21.8. The van der Waals surface area contributed by atoms with Crippen molar-refractivity contribution >= 4 is 41.6 Å². The number of halogens is 1. The van der Waals surface area contributed by atoms with Gasteiger partial charge >= 0.3 is 0 Å². The predicted octanol–water partition coefficient (Wildman–Crippen LogP) is 2.29. The van der Waals surface area contributed by atoms with E-state index in [9.17, 15) is 10.1 Å². The van der Waals surface area contributed by atoms with Crippen molar-refractivity contribution in [2.75, 3.05) is 37.6 Å². The third-order valence-electron chi connectivity index (χ3n) is 4.31. The number of hydrogen-bond donors (Lipinski definition) is 1. The highest BCUT2D eigenvalue weighted by Gasteiger charge is 2.21. The minimum absolute atomic E-state index is 0. The summed E-state index contributed by atoms with van der Waals surface area (Å²) in [7, 11) is 0. The highest BCUT2D eigenvalue weighted by Crippen LogP contribution is 2.13. The molecule has 28 heavy (non-hydrogen) atoms. The van der Waals surface area contributed by atoms with E-state index in [2.05, 4.69) is 25.1 Å². The van der Waals surface area contributed by atoms with Crippen LogP contribution in [0.2, 0.25) is 0 Å². The summed E-state index contributed by atoms with van der Waals surface area (Å²) < 4.78 is 0. The molecule has 2 aromatic rings. The zero-order valence-corrected chi connectivity index (χ0v) is 18.0. The second-order valence-corrected chi connectivity index (χ2v) is 6.12. The van der Waals surface area contributed by atoms with Gasteiger partial charge in [0.25, 0.3) is 5.69 Å². The molecule has 1 saturated heterocycles. The number of nitro groups is 1. The Morgan fingerprint density at radius 1 is 1.18 bits per heavy atom. The lowest BCUT2D eigenvalue weighted by atomic mass is 10.2. The van der Waals surface area contributed by atoms with Gasteiger partial charge in [-0.1, -0.05) is 12.1 Å². The van der Waals surface area contributed by atoms with Gasteiger partial charge < -0.3 is 15.1 Å². The van der Waals surface area contributed by atoms with Crippen LogP contribution < -0.4 is 10.2 Å². The van der Waals surface area contributed by atoms with Crippen molar-refractivity contribution in [3.8, 4) is 0 Å². The van der Waals surface area contributed by atoms with Crippen molar-refractivity contribution in [3.05, 3.63) is 58.4 Å². The molecule has 0 unspecified atom stereocenters. The van der Waals surface area contributed by atoms with Gasteiger partial charge in [0.1, 0.15) is 0 Å². The smallest absolute Gasteiger partial charge is 0.269 e. The van der Waals surface area contributed by atoms with E-state index in [0.717, 1.165) is 50.2 Å². The second kappa shape index (κ2) is 10.7. The molecule has 0 aliphatic carbocycles. The number of rotatable bonds is 5. The molecule has 1 aliphatic rings. The number of benzene rings is 1. The summed E-state index contributed by atoms with van der Waals surface area (Å²) in [6.07, 6.45) is 3.51. The molecule has 1 fully saturated rings. The maximum absolute atomic E-state index is 10.7. The van der Waals surface area contributed by atoms with Crippen LogP contribution in [0.5, 0.6) is 0 Å². The molecule has 150 valence electrons. The third-order valence-corrected chi connectivity index (χ3v) is 4.31. The van der Waals surface area contributed by atoms with Crippen molar-refractivity contribution in [2.45, 2.75) is 13.5 Å². The Morgan fingerprint density at radius 3 is 2.39 bits per heavy atom. The number of aromatic nitrogens is 2. The topological polar surface area (TPSA) is 99.8 Å². The molecule has 3 rings (SSSR count). The zero-order valence-electron chi connectivity index (χ0n) is 15.7. The lowest BCUT2D eigenvalue weighted by Crippen LogP contribution is -2.52. The number of nitro benzene ring substituents is 1. The van der Waals surface area contributed by atoms with Gasteiger partial charge in [0.2, 0.25) is 5.95 Å². The number of piperazine rings is 1. The minimum atomic E-state index is -0.396. The number of nitrogens with zero attached hydrogens (tertiary/aromatic N) is 6. The van der Waals surface area contributed by atoms with Gasteiger partial charge in [0.15, 0.2) is 5.96 Å². The quantitative estimate of drug-likeness (QED) is 0.223. The fraction of sp³-hybridized carbons (Fsp3) is 0.389. The van der Waals surface area contributed by atoms with E-state index >= 15 is 0 Å². The van der Waals surface area contributed by atoms with Crippen LogP contribution in [-0.4, -0.2) is 58.5 Å². The Hall–Kier alpha value is -2.50. The molecule has 2 heterocycles. The average molecular weight is 497 g/mol. The van der Waals surface area contributed by atoms with Crippen LogP contribution in [0.4, 0.5) is 11.6 Å². The van der Waals surface area contributed by atoms with Crippen LogP contribution in [0.15, 0.2) is 47.7 Å². The van der Waals surface area contributed by atoms with Crippen LogP contribution in [-0.2, 0) is 6.54 Å². The number of anilines is 1. The number of nitrogens with one attached hydrogen (secondary N) is 1. The highest BCUT2D eigenvalue weighted by molar-refractivity contribution is 14.0. The molecular formula is C18H24IN7O2. The van der Waals surface area contributed by atoms with Crippen LogP contribution in [0.25, 0.3) is 0 Å². The molecule has 0 amide bonds. The van der Waals surface area contributed by atoms with Gasteiger partial charge in [-0.3, -0.25) is 10.1 Å². The fourth-order valence-corrected chi connectivity index (χ4v) is 2.89. The first-order chi connectivity index (χ1) is 13.2. The van der Waals surface area contributed by atoms with Gasteiger partial charge in [-0.25, -0.2) is 15.0 Å². The molecule has 0 radical (unpaired) electrons. The fourth-order valence-electron chi connectivity index (χ4n) is 2.89. The first-order valence-corrected chi connectivity index (χ1v) is 8.96. The third kappa shape index (κ3) is 5.75. The number of non-ortho nitro benzene ring substituents is 1. The van der Waals surface area contributed by atoms with Crippen LogP contribution in [0.1, 0.15) is 12.5 Å². The molecular weight excluding hydrogens is 473 g/mol. The summed E-state index contributed by atoms with van der Waals surface area (Å²) in [6.45, 7) is 6.59. The summed E-state index contributed by atoms with van der Waals surface area (Å²) in [4.78, 5) is 28.0. The maximum atomic E-state index is 10.7. The molecule has 0 atom stereocenters. The van der Waals surface area contributed by atoms with E-state index in [1.54, 1.807) is 24.5 Å². The predicted molar refractivity (Wildman–Crippen MR) is 119 cm³/mol. The molecule has 0 saturated carbocycles. The van der Waals surface area contributed by atoms with E-state index in [-0.39, 0.29) is 29.7 Å². The summed E-state index contributed by atoms with van der Waals surface area (Å²) in [6, 6.07) is 8.33. The normalized spacial score (nSPS) is 14.4. The lowest BCUT2D eigenvalue weighted by Gasteiger charge is -2.36. The molecule has 1 aliphatic heterocycles. The number of aliphatic imine (C=N–C) groups is 1. The van der Waals surface area contributed by atoms with Crippen molar-refractivity contribution in [1.82, 2.24) is 20.2 Å². The van der Waals surface area contributed by atoms with Crippen molar-refractivity contribution < 1.29 is 4.92 Å². The summed E-state index contributed by atoms with van der Waals surface area (Å²) in [5.74, 6) is 1.61. The molecule has 0 spiro atoms. The Bertz CT molecular complexity index is 778. The van der Waals surface area contributed by atoms with E-state index in [1.807, 2.05) is 13.0 Å². The SMILES string of the molecule is CCNC(=NCc1ccc([N+](=O)[O-])cc1)N1CCN(c2ncccn2)CC1.I. The van der Waals surface area contributed by atoms with Crippen molar-refractivity contribution in [1.29, 1.82) is 0 Å². The molecule has 10 heteroatoms. The summed E-state index contributed by atoms with van der Waals surface area (Å²) in [5.41, 5.74) is 1.03. The Morgan fingerprint density at radius 2 is 1.82 bits per heavy atom. The van der Waals surface area contributed by atoms with Crippen LogP contribution in [0, 0.1) is 10.1 Å². The molecule has 1 N–H and O–H groups in total. The van der Waals surface area contributed by atoms with Gasteiger partial charge in [0.05, 0.1) is 11.5 Å². The van der Waals surface area contributed by atoms with Crippen LogP contribution >= 0.6 is 24.0 Å². The van der Waals surface area contributed by atoms with Crippen molar-refractivity contribution in [2.24, 2.45) is 4.99 Å². The average Bonchev–Trinajstić information content (AvgIpc) is 2.72. The lowest BCUT2D eigenvalue weighted by molar-refractivity contribution is -0.384. The van der Waals surface area contributed by atoms with E-state index in [1.165, 1.54) is 12.1 Å². The van der Waals surface area contributed by atoms with Crippen molar-refractivity contribution in [3.63, 3.8) is 0 Å². The molecule has 9 nitrogen and oxygen atoms in total.